The van der Waals surface area contributed by atoms with Gasteiger partial charge in [0.2, 0.25) is 0 Å². The molecule has 13 heavy (non-hydrogen) atoms. The highest BCUT2D eigenvalue weighted by Gasteiger charge is 2.45. The molecule has 1 saturated heterocycles. The second-order valence-corrected chi connectivity index (χ2v) is 3.49. The van der Waals surface area contributed by atoms with Crippen LogP contribution in [0.1, 0.15) is 13.8 Å². The van der Waals surface area contributed by atoms with Crippen molar-refractivity contribution in [1.29, 1.82) is 0 Å². The number of hydrogen-bond acceptors (Lipinski definition) is 4. The van der Waals surface area contributed by atoms with Crippen molar-refractivity contribution in [3.63, 3.8) is 0 Å². The van der Waals surface area contributed by atoms with Crippen molar-refractivity contribution in [2.24, 2.45) is 11.8 Å². The van der Waals surface area contributed by atoms with Gasteiger partial charge in [-0.1, -0.05) is 13.8 Å². The SMILES string of the molecule is COC(=O)[C@@H](C)[C@H](C)[C@@H]1O[C@H]1CO. The lowest BCUT2D eigenvalue weighted by molar-refractivity contribution is -0.146. The van der Waals surface area contributed by atoms with Crippen molar-refractivity contribution in [2.75, 3.05) is 13.7 Å². The van der Waals surface area contributed by atoms with Gasteiger partial charge < -0.3 is 14.6 Å². The molecule has 0 bridgehead atoms. The third-order valence-corrected chi connectivity index (χ3v) is 2.68. The summed E-state index contributed by atoms with van der Waals surface area (Å²) < 4.78 is 9.81. The maximum absolute atomic E-state index is 11.1. The molecular weight excluding hydrogens is 172 g/mol. The summed E-state index contributed by atoms with van der Waals surface area (Å²) in [6.07, 6.45) is -0.0683. The number of hydrogen-bond donors (Lipinski definition) is 1. The van der Waals surface area contributed by atoms with Crippen LogP contribution in [0.4, 0.5) is 0 Å². The average Bonchev–Trinajstić information content (AvgIpc) is 2.93. The predicted molar refractivity (Wildman–Crippen MR) is 46.1 cm³/mol. The van der Waals surface area contributed by atoms with Crippen LogP contribution < -0.4 is 0 Å². The first-order chi connectivity index (χ1) is 6.11. The Hall–Kier alpha value is -0.610. The second-order valence-electron chi connectivity index (χ2n) is 3.49. The van der Waals surface area contributed by atoms with Crippen LogP contribution in [-0.2, 0) is 14.3 Å². The van der Waals surface area contributed by atoms with E-state index in [-0.39, 0.29) is 36.6 Å². The van der Waals surface area contributed by atoms with Crippen LogP contribution in [0.2, 0.25) is 0 Å². The maximum Gasteiger partial charge on any atom is 0.308 e. The number of epoxide rings is 1. The number of methoxy groups -OCH3 is 1. The summed E-state index contributed by atoms with van der Waals surface area (Å²) in [7, 11) is 1.38. The van der Waals surface area contributed by atoms with Crippen molar-refractivity contribution in [3.05, 3.63) is 0 Å². The van der Waals surface area contributed by atoms with Crippen LogP contribution in [0.25, 0.3) is 0 Å². The smallest absolute Gasteiger partial charge is 0.308 e. The Morgan fingerprint density at radius 1 is 1.62 bits per heavy atom. The van der Waals surface area contributed by atoms with Gasteiger partial charge in [0, 0.05) is 0 Å². The van der Waals surface area contributed by atoms with E-state index in [0.717, 1.165) is 0 Å². The largest absolute Gasteiger partial charge is 0.469 e. The molecular formula is C9H16O4. The molecule has 0 spiro atoms. The van der Waals surface area contributed by atoms with Crippen molar-refractivity contribution in [1.82, 2.24) is 0 Å². The lowest BCUT2D eigenvalue weighted by Crippen LogP contribution is -2.25. The number of ether oxygens (including phenoxy) is 2. The molecule has 0 saturated carbocycles. The van der Waals surface area contributed by atoms with E-state index in [2.05, 4.69) is 4.74 Å². The molecule has 4 nitrogen and oxygen atoms in total. The van der Waals surface area contributed by atoms with Crippen LogP contribution in [-0.4, -0.2) is 37.0 Å². The van der Waals surface area contributed by atoms with Gasteiger partial charge in [0.05, 0.1) is 25.7 Å². The van der Waals surface area contributed by atoms with Crippen molar-refractivity contribution >= 4 is 5.97 Å². The Morgan fingerprint density at radius 3 is 2.62 bits per heavy atom. The molecule has 0 radical (unpaired) electrons. The molecule has 1 aliphatic heterocycles. The third-order valence-electron chi connectivity index (χ3n) is 2.68. The van der Waals surface area contributed by atoms with Crippen LogP contribution >= 0.6 is 0 Å². The minimum Gasteiger partial charge on any atom is -0.469 e. The first-order valence-corrected chi connectivity index (χ1v) is 4.46. The monoisotopic (exact) mass is 188 g/mol. The molecule has 1 fully saturated rings. The number of esters is 1. The lowest BCUT2D eigenvalue weighted by atomic mass is 9.91. The topological polar surface area (TPSA) is 59.1 Å². The normalized spacial score (nSPS) is 30.8. The number of aliphatic hydroxyl groups is 1. The minimum absolute atomic E-state index is 0.0131. The van der Waals surface area contributed by atoms with E-state index in [1.54, 1.807) is 0 Å². The molecule has 1 rings (SSSR count). The quantitative estimate of drug-likeness (QED) is 0.505. The Kier molecular flexibility index (Phi) is 3.27. The Bertz CT molecular complexity index is 192. The number of carbonyl (C=O) groups is 1. The summed E-state index contributed by atoms with van der Waals surface area (Å²) in [5.74, 6) is -0.296. The Morgan fingerprint density at radius 2 is 2.23 bits per heavy atom. The fraction of sp³-hybridized carbons (Fsp3) is 0.889. The third kappa shape index (κ3) is 2.19. The number of carbonyl (C=O) groups excluding carboxylic acids is 1. The average molecular weight is 188 g/mol. The van der Waals surface area contributed by atoms with Gasteiger partial charge in [0.25, 0.3) is 0 Å². The van der Waals surface area contributed by atoms with Gasteiger partial charge >= 0.3 is 5.97 Å². The van der Waals surface area contributed by atoms with Crippen molar-refractivity contribution in [2.45, 2.75) is 26.1 Å². The van der Waals surface area contributed by atoms with Gasteiger partial charge in [0.1, 0.15) is 6.10 Å². The van der Waals surface area contributed by atoms with Crippen LogP contribution in [0.15, 0.2) is 0 Å². The molecule has 1 aliphatic rings. The summed E-state index contributed by atoms with van der Waals surface area (Å²) in [6, 6.07) is 0. The zero-order valence-electron chi connectivity index (χ0n) is 8.19. The molecule has 0 unspecified atom stereocenters. The summed E-state index contributed by atoms with van der Waals surface area (Å²) in [6.45, 7) is 3.78. The van der Waals surface area contributed by atoms with E-state index in [0.29, 0.717) is 0 Å². The van der Waals surface area contributed by atoms with Gasteiger partial charge in [0.15, 0.2) is 0 Å². The zero-order chi connectivity index (χ0) is 10.0. The highest BCUT2D eigenvalue weighted by molar-refractivity contribution is 5.72. The van der Waals surface area contributed by atoms with Gasteiger partial charge in [-0.2, -0.15) is 0 Å². The van der Waals surface area contributed by atoms with Gasteiger partial charge in [-0.25, -0.2) is 0 Å². The lowest BCUT2D eigenvalue weighted by Gasteiger charge is -2.15. The van der Waals surface area contributed by atoms with Crippen LogP contribution in [0, 0.1) is 11.8 Å². The molecule has 0 aromatic rings. The Labute approximate surface area is 77.8 Å². The molecule has 4 atom stereocenters. The first kappa shape index (κ1) is 10.5. The fourth-order valence-electron chi connectivity index (χ4n) is 1.45. The van der Waals surface area contributed by atoms with Crippen LogP contribution in [0.5, 0.6) is 0 Å². The van der Waals surface area contributed by atoms with Crippen molar-refractivity contribution < 1.29 is 19.4 Å². The second kappa shape index (κ2) is 4.07. The fourth-order valence-corrected chi connectivity index (χ4v) is 1.45. The molecule has 0 amide bonds. The van der Waals surface area contributed by atoms with E-state index in [1.807, 2.05) is 13.8 Å². The van der Waals surface area contributed by atoms with Gasteiger partial charge in [-0.05, 0) is 5.92 Å². The predicted octanol–water partition coefficient (Wildman–Crippen LogP) is 0.191. The molecule has 0 aliphatic carbocycles. The maximum atomic E-state index is 11.1. The van der Waals surface area contributed by atoms with E-state index < -0.39 is 0 Å². The summed E-state index contributed by atoms with van der Waals surface area (Å²) >= 11 is 0. The molecule has 1 N–H and O–H groups in total. The van der Waals surface area contributed by atoms with Crippen molar-refractivity contribution in [3.8, 4) is 0 Å². The molecule has 1 heterocycles. The molecule has 0 aromatic carbocycles. The summed E-state index contributed by atoms with van der Waals surface area (Å²) in [4.78, 5) is 11.1. The number of rotatable bonds is 4. The highest BCUT2D eigenvalue weighted by Crippen LogP contribution is 2.33. The first-order valence-electron chi connectivity index (χ1n) is 4.46. The van der Waals surface area contributed by atoms with E-state index in [9.17, 15) is 4.79 Å². The minimum atomic E-state index is -0.223. The van der Waals surface area contributed by atoms with E-state index in [4.69, 9.17) is 9.84 Å². The summed E-state index contributed by atoms with van der Waals surface area (Å²) in [5.41, 5.74) is 0. The standard InChI is InChI=1S/C9H16O4/c1-5(6(2)9(11)12-3)8-7(4-10)13-8/h5-8,10H,4H2,1-3H3/t5-,6-,7-,8-/m0/s1. The van der Waals surface area contributed by atoms with E-state index >= 15 is 0 Å². The molecule has 76 valence electrons. The zero-order valence-corrected chi connectivity index (χ0v) is 8.19. The van der Waals surface area contributed by atoms with Crippen LogP contribution in [0.3, 0.4) is 0 Å². The number of aliphatic hydroxyl groups excluding tert-OH is 1. The van der Waals surface area contributed by atoms with Gasteiger partial charge in [-0.15, -0.1) is 0 Å². The molecule has 0 aromatic heterocycles. The highest BCUT2D eigenvalue weighted by atomic mass is 16.6. The molecule has 4 heteroatoms. The summed E-state index contributed by atoms with van der Waals surface area (Å²) in [5, 5.41) is 8.76. The van der Waals surface area contributed by atoms with E-state index in [1.165, 1.54) is 7.11 Å². The van der Waals surface area contributed by atoms with Gasteiger partial charge in [-0.3, -0.25) is 4.79 Å². The Balaban J connectivity index is 2.39.